The number of nitrogens with zero attached hydrogens (tertiary/aromatic N) is 1. The third-order valence-electron chi connectivity index (χ3n) is 1.80. The molecule has 4 heteroatoms. The number of halogens is 1. The minimum atomic E-state index is -0.423. The zero-order valence-corrected chi connectivity index (χ0v) is 9.49. The molecule has 0 bridgehead atoms. The van der Waals surface area contributed by atoms with Crippen molar-refractivity contribution in [2.45, 2.75) is 6.92 Å². The molecule has 0 atom stereocenters. The fourth-order valence-corrected chi connectivity index (χ4v) is 1.27. The quantitative estimate of drug-likeness (QED) is 0.456. The molecule has 3 nitrogen and oxygen atoms in total. The third kappa shape index (κ3) is 3.41. The van der Waals surface area contributed by atoms with Crippen LogP contribution in [0.4, 0.5) is 5.69 Å². The smallest absolute Gasteiger partial charge is 0.330 e. The van der Waals surface area contributed by atoms with Crippen molar-refractivity contribution in [1.82, 2.24) is 0 Å². The molecule has 16 heavy (non-hydrogen) atoms. The number of esters is 1. The van der Waals surface area contributed by atoms with Crippen LogP contribution in [-0.4, -0.2) is 12.6 Å². The second-order valence-electron chi connectivity index (χ2n) is 2.90. The molecule has 0 aliphatic rings. The summed E-state index contributed by atoms with van der Waals surface area (Å²) < 4.78 is 4.73. The molecule has 0 amide bonds. The van der Waals surface area contributed by atoms with Crippen LogP contribution in [0.1, 0.15) is 12.5 Å². The van der Waals surface area contributed by atoms with Gasteiger partial charge in [0.1, 0.15) is 0 Å². The van der Waals surface area contributed by atoms with E-state index >= 15 is 0 Å². The number of rotatable bonds is 3. The van der Waals surface area contributed by atoms with Gasteiger partial charge in [-0.05, 0) is 24.6 Å². The van der Waals surface area contributed by atoms with Gasteiger partial charge < -0.3 is 4.74 Å². The van der Waals surface area contributed by atoms with Crippen LogP contribution in [0.25, 0.3) is 10.9 Å². The summed E-state index contributed by atoms with van der Waals surface area (Å²) in [5.74, 6) is -0.423. The molecule has 0 saturated heterocycles. The maximum Gasteiger partial charge on any atom is 0.330 e. The Bertz CT molecular complexity index is 461. The number of ether oxygens (including phenoxy) is 1. The molecule has 1 aromatic rings. The first kappa shape index (κ1) is 12.3. The highest BCUT2D eigenvalue weighted by molar-refractivity contribution is 6.31. The number of benzene rings is 1. The van der Waals surface area contributed by atoms with Gasteiger partial charge in [0, 0.05) is 11.1 Å². The standard InChI is InChI=1S/C12H10ClNO2/c1-3-16-12(15)7-5-9-4-6-10(13)8-11(9)14-2/h4-8H,3H2,1H3. The SMILES string of the molecule is [C-]#[N+]c1cc(Cl)ccc1C=CC(=O)OCC. The Kier molecular flexibility index (Phi) is 4.56. The summed E-state index contributed by atoms with van der Waals surface area (Å²) in [6.07, 6.45) is 2.84. The van der Waals surface area contributed by atoms with E-state index in [1.807, 2.05) is 0 Å². The summed E-state index contributed by atoms with van der Waals surface area (Å²) in [5, 5.41) is 0.499. The predicted octanol–water partition coefficient (Wildman–Crippen LogP) is 3.47. The second kappa shape index (κ2) is 5.94. The van der Waals surface area contributed by atoms with Gasteiger partial charge in [-0.15, -0.1) is 0 Å². The van der Waals surface area contributed by atoms with Crippen LogP contribution in [0, 0.1) is 6.57 Å². The summed E-state index contributed by atoms with van der Waals surface area (Å²) >= 11 is 5.75. The van der Waals surface area contributed by atoms with Gasteiger partial charge in [0.25, 0.3) is 0 Å². The molecule has 82 valence electrons. The molecule has 0 aromatic heterocycles. The van der Waals surface area contributed by atoms with Gasteiger partial charge in [0.05, 0.1) is 13.2 Å². The van der Waals surface area contributed by atoms with Crippen LogP contribution in [0.5, 0.6) is 0 Å². The zero-order chi connectivity index (χ0) is 12.0. The van der Waals surface area contributed by atoms with Crippen molar-refractivity contribution >= 4 is 29.3 Å². The molecule has 0 unspecified atom stereocenters. The van der Waals surface area contributed by atoms with E-state index in [0.717, 1.165) is 0 Å². The Labute approximate surface area is 99.1 Å². The Hall–Kier alpha value is -1.79. The molecule has 0 heterocycles. The van der Waals surface area contributed by atoms with Crippen molar-refractivity contribution in [2.75, 3.05) is 6.61 Å². The highest BCUT2D eigenvalue weighted by Crippen LogP contribution is 2.24. The number of hydrogen-bond acceptors (Lipinski definition) is 2. The van der Waals surface area contributed by atoms with E-state index in [2.05, 4.69) is 4.85 Å². The summed E-state index contributed by atoms with van der Waals surface area (Å²) in [7, 11) is 0. The topological polar surface area (TPSA) is 30.7 Å². The monoisotopic (exact) mass is 235 g/mol. The van der Waals surface area contributed by atoms with Crippen LogP contribution in [0.3, 0.4) is 0 Å². The van der Waals surface area contributed by atoms with E-state index in [1.54, 1.807) is 31.2 Å². The molecule has 0 N–H and O–H groups in total. The fraction of sp³-hybridized carbons (Fsp3) is 0.167. The van der Waals surface area contributed by atoms with Gasteiger partial charge in [0.2, 0.25) is 0 Å². The molecule has 0 spiro atoms. The minimum absolute atomic E-state index is 0.333. The average Bonchev–Trinajstić information content (AvgIpc) is 2.27. The van der Waals surface area contributed by atoms with Crippen molar-refractivity contribution < 1.29 is 9.53 Å². The molecule has 1 aromatic carbocycles. The first-order valence-corrected chi connectivity index (χ1v) is 5.07. The van der Waals surface area contributed by atoms with Crippen molar-refractivity contribution in [3.63, 3.8) is 0 Å². The van der Waals surface area contributed by atoms with E-state index in [-0.39, 0.29) is 0 Å². The zero-order valence-electron chi connectivity index (χ0n) is 8.74. The third-order valence-corrected chi connectivity index (χ3v) is 2.03. The van der Waals surface area contributed by atoms with Crippen molar-refractivity contribution in [3.8, 4) is 0 Å². The van der Waals surface area contributed by atoms with Crippen molar-refractivity contribution in [1.29, 1.82) is 0 Å². The first-order valence-electron chi connectivity index (χ1n) is 4.69. The van der Waals surface area contributed by atoms with E-state index in [0.29, 0.717) is 22.9 Å². The molecule has 0 fully saturated rings. The summed E-state index contributed by atoms with van der Waals surface area (Å²) in [5.41, 5.74) is 1.06. The largest absolute Gasteiger partial charge is 0.463 e. The van der Waals surface area contributed by atoms with Gasteiger partial charge in [-0.3, -0.25) is 0 Å². The lowest BCUT2D eigenvalue weighted by molar-refractivity contribution is -0.137. The first-order chi connectivity index (χ1) is 7.67. The molecule has 0 saturated carbocycles. The van der Waals surface area contributed by atoms with Crippen LogP contribution < -0.4 is 0 Å². The van der Waals surface area contributed by atoms with Crippen LogP contribution in [-0.2, 0) is 9.53 Å². The number of carbonyl (C=O) groups is 1. The normalized spacial score (nSPS) is 10.1. The van der Waals surface area contributed by atoms with Crippen molar-refractivity contribution in [3.05, 3.63) is 46.3 Å². The van der Waals surface area contributed by atoms with E-state index in [4.69, 9.17) is 22.9 Å². The maximum absolute atomic E-state index is 11.1. The molecule has 0 radical (unpaired) electrons. The lowest BCUT2D eigenvalue weighted by Gasteiger charge is -1.98. The number of hydrogen-bond donors (Lipinski definition) is 0. The molecule has 1 rings (SSSR count). The Morgan fingerprint density at radius 2 is 2.38 bits per heavy atom. The van der Waals surface area contributed by atoms with E-state index < -0.39 is 5.97 Å². The van der Waals surface area contributed by atoms with Gasteiger partial charge in [-0.2, -0.15) is 0 Å². The number of carbonyl (C=O) groups excluding carboxylic acids is 1. The molecular weight excluding hydrogens is 226 g/mol. The predicted molar refractivity (Wildman–Crippen MR) is 63.4 cm³/mol. The lowest BCUT2D eigenvalue weighted by atomic mass is 10.1. The van der Waals surface area contributed by atoms with Crippen molar-refractivity contribution in [2.24, 2.45) is 0 Å². The summed E-state index contributed by atoms with van der Waals surface area (Å²) in [4.78, 5) is 14.4. The van der Waals surface area contributed by atoms with E-state index in [9.17, 15) is 4.79 Å². The molecular formula is C12H10ClNO2. The van der Waals surface area contributed by atoms with Crippen LogP contribution in [0.15, 0.2) is 24.3 Å². The lowest BCUT2D eigenvalue weighted by Crippen LogP contribution is -1.98. The molecule has 0 aliphatic heterocycles. The minimum Gasteiger partial charge on any atom is -0.463 e. The van der Waals surface area contributed by atoms with Gasteiger partial charge in [0.15, 0.2) is 5.69 Å². The van der Waals surface area contributed by atoms with E-state index in [1.165, 1.54) is 6.08 Å². The van der Waals surface area contributed by atoms with Crippen LogP contribution >= 0.6 is 11.6 Å². The van der Waals surface area contributed by atoms with Crippen LogP contribution in [0.2, 0.25) is 5.02 Å². The van der Waals surface area contributed by atoms with Gasteiger partial charge >= 0.3 is 5.97 Å². The summed E-state index contributed by atoms with van der Waals surface area (Å²) in [6.45, 7) is 9.03. The van der Waals surface area contributed by atoms with Gasteiger partial charge in [-0.1, -0.05) is 23.7 Å². The van der Waals surface area contributed by atoms with Gasteiger partial charge in [-0.25, -0.2) is 9.64 Å². The Morgan fingerprint density at radius 3 is 3.00 bits per heavy atom. The fourth-order valence-electron chi connectivity index (χ4n) is 1.10. The second-order valence-corrected chi connectivity index (χ2v) is 3.34. The average molecular weight is 236 g/mol. The Balaban J connectivity index is 2.89. The highest BCUT2D eigenvalue weighted by Gasteiger charge is 2.01. The molecule has 0 aliphatic carbocycles. The maximum atomic E-state index is 11.1. The highest BCUT2D eigenvalue weighted by atomic mass is 35.5. The Morgan fingerprint density at radius 1 is 1.62 bits per heavy atom. The summed E-state index contributed by atoms with van der Waals surface area (Å²) in [6, 6.07) is 4.91.